The van der Waals surface area contributed by atoms with Crippen LogP contribution in [0.5, 0.6) is 0 Å². The Labute approximate surface area is 156 Å². The van der Waals surface area contributed by atoms with Crippen LogP contribution >= 0.6 is 0 Å². The van der Waals surface area contributed by atoms with Crippen molar-refractivity contribution in [3.63, 3.8) is 0 Å². The molecule has 0 spiro atoms. The fraction of sp³-hybridized carbons (Fsp3) is 0.700. The maximum absolute atomic E-state index is 12.5. The molecule has 1 aromatic heterocycles. The number of nitrogens with zero attached hydrogens (tertiary/aromatic N) is 3. The minimum atomic E-state index is -0.469. The highest BCUT2D eigenvalue weighted by Crippen LogP contribution is 2.36. The normalized spacial score (nSPS) is 22.2. The van der Waals surface area contributed by atoms with Crippen LogP contribution in [0.25, 0.3) is 0 Å². The molecular formula is C20H31N3O3. The van der Waals surface area contributed by atoms with Crippen LogP contribution in [-0.2, 0) is 22.5 Å². The van der Waals surface area contributed by atoms with Crippen molar-refractivity contribution in [3.8, 4) is 0 Å². The van der Waals surface area contributed by atoms with Crippen molar-refractivity contribution < 1.29 is 14.3 Å². The minimum absolute atomic E-state index is 0.206. The van der Waals surface area contributed by atoms with E-state index < -0.39 is 5.60 Å². The van der Waals surface area contributed by atoms with Gasteiger partial charge >= 0.3 is 6.09 Å². The zero-order valence-corrected chi connectivity index (χ0v) is 16.8. The van der Waals surface area contributed by atoms with E-state index in [4.69, 9.17) is 14.5 Å². The van der Waals surface area contributed by atoms with Crippen molar-refractivity contribution in [3.05, 3.63) is 22.9 Å². The molecule has 1 saturated heterocycles. The molecule has 0 N–H and O–H groups in total. The number of aryl methyl sites for hydroxylation is 1. The molecular weight excluding hydrogens is 330 g/mol. The van der Waals surface area contributed by atoms with E-state index in [1.54, 1.807) is 0 Å². The van der Waals surface area contributed by atoms with E-state index >= 15 is 0 Å². The van der Waals surface area contributed by atoms with E-state index in [0.717, 1.165) is 17.9 Å². The third-order valence-electron chi connectivity index (χ3n) is 4.95. The second-order valence-electron chi connectivity index (χ2n) is 8.37. The molecule has 3 rings (SSSR count). The Kier molecular flexibility index (Phi) is 5.15. The summed E-state index contributed by atoms with van der Waals surface area (Å²) < 4.78 is 11.1. The predicted molar refractivity (Wildman–Crippen MR) is 102 cm³/mol. The molecule has 3 heterocycles. The number of rotatable bonds is 3. The van der Waals surface area contributed by atoms with Crippen LogP contribution in [0.2, 0.25) is 0 Å². The van der Waals surface area contributed by atoms with E-state index in [-0.39, 0.29) is 18.2 Å². The fourth-order valence-electron chi connectivity index (χ4n) is 3.87. The number of piperazine rings is 1. The molecule has 1 aromatic rings. The van der Waals surface area contributed by atoms with Crippen molar-refractivity contribution in [1.29, 1.82) is 0 Å². The van der Waals surface area contributed by atoms with Gasteiger partial charge in [0.15, 0.2) is 0 Å². The van der Waals surface area contributed by atoms with Gasteiger partial charge in [-0.2, -0.15) is 0 Å². The average molecular weight is 361 g/mol. The van der Waals surface area contributed by atoms with E-state index in [1.807, 2.05) is 32.6 Å². The van der Waals surface area contributed by atoms with Crippen LogP contribution in [0.4, 0.5) is 10.6 Å². The zero-order valence-electron chi connectivity index (χ0n) is 16.8. The first-order valence-corrected chi connectivity index (χ1v) is 9.53. The fourth-order valence-corrected chi connectivity index (χ4v) is 3.87. The van der Waals surface area contributed by atoms with E-state index in [1.165, 1.54) is 11.1 Å². The molecule has 0 saturated carbocycles. The number of fused-ring (bicyclic) bond motifs is 3. The number of amides is 1. The van der Waals surface area contributed by atoms with Crippen molar-refractivity contribution in [2.45, 2.75) is 72.3 Å². The van der Waals surface area contributed by atoms with Gasteiger partial charge < -0.3 is 19.3 Å². The summed E-state index contributed by atoms with van der Waals surface area (Å²) >= 11 is 0. The molecule has 0 bridgehead atoms. The molecule has 6 heteroatoms. The van der Waals surface area contributed by atoms with Crippen LogP contribution in [0.1, 0.15) is 51.4 Å². The lowest BCUT2D eigenvalue weighted by Gasteiger charge is -2.43. The molecule has 1 amide bonds. The Balaban J connectivity index is 1.78. The van der Waals surface area contributed by atoms with Gasteiger partial charge in [0.25, 0.3) is 0 Å². The van der Waals surface area contributed by atoms with E-state index in [2.05, 4.69) is 24.8 Å². The number of aromatic nitrogens is 1. The topological polar surface area (TPSA) is 54.9 Å². The monoisotopic (exact) mass is 361 g/mol. The Morgan fingerprint density at radius 1 is 1.35 bits per heavy atom. The third-order valence-corrected chi connectivity index (χ3v) is 4.95. The lowest BCUT2D eigenvalue weighted by molar-refractivity contribution is 0.0191. The number of hydrogen-bond donors (Lipinski definition) is 0. The quantitative estimate of drug-likeness (QED) is 0.827. The summed E-state index contributed by atoms with van der Waals surface area (Å²) in [5, 5.41) is 0. The molecule has 0 aromatic carbocycles. The van der Waals surface area contributed by atoms with Crippen LogP contribution in [0.15, 0.2) is 6.07 Å². The maximum atomic E-state index is 12.5. The highest BCUT2D eigenvalue weighted by molar-refractivity contribution is 5.69. The molecule has 2 aliphatic rings. The Hall–Kier alpha value is -1.82. The van der Waals surface area contributed by atoms with Crippen LogP contribution in [0.3, 0.4) is 0 Å². The van der Waals surface area contributed by atoms with Gasteiger partial charge in [0.1, 0.15) is 11.4 Å². The third kappa shape index (κ3) is 3.80. The predicted octanol–water partition coefficient (Wildman–Crippen LogP) is 3.30. The smallest absolute Gasteiger partial charge is 0.410 e. The number of hydrogen-bond acceptors (Lipinski definition) is 5. The van der Waals surface area contributed by atoms with Gasteiger partial charge in [-0.1, -0.05) is 6.07 Å². The first-order valence-electron chi connectivity index (χ1n) is 9.53. The van der Waals surface area contributed by atoms with Crippen LogP contribution < -0.4 is 4.90 Å². The summed E-state index contributed by atoms with van der Waals surface area (Å²) in [4.78, 5) is 21.6. The Morgan fingerprint density at radius 2 is 2.08 bits per heavy atom. The minimum Gasteiger partial charge on any atom is -0.444 e. The van der Waals surface area contributed by atoms with Crippen molar-refractivity contribution in [2.24, 2.45) is 0 Å². The van der Waals surface area contributed by atoms with Gasteiger partial charge in [0.2, 0.25) is 0 Å². The van der Waals surface area contributed by atoms with Crippen molar-refractivity contribution in [2.75, 3.05) is 24.6 Å². The van der Waals surface area contributed by atoms with Gasteiger partial charge in [-0.15, -0.1) is 0 Å². The summed E-state index contributed by atoms with van der Waals surface area (Å²) in [5.74, 6) is 1.06. The zero-order chi connectivity index (χ0) is 19.1. The molecule has 0 unspecified atom stereocenters. The first kappa shape index (κ1) is 19.0. The van der Waals surface area contributed by atoms with Gasteiger partial charge in [0.05, 0.1) is 18.3 Å². The Bertz CT molecular complexity index is 684. The van der Waals surface area contributed by atoms with Crippen molar-refractivity contribution in [1.82, 2.24) is 9.88 Å². The molecule has 1 fully saturated rings. The van der Waals surface area contributed by atoms with Gasteiger partial charge in [-0.05, 0) is 59.1 Å². The molecule has 2 atom stereocenters. The second kappa shape index (κ2) is 7.06. The second-order valence-corrected chi connectivity index (χ2v) is 8.37. The van der Waals surface area contributed by atoms with Crippen LogP contribution in [-0.4, -0.2) is 53.4 Å². The number of anilines is 1. The average Bonchev–Trinajstić information content (AvgIpc) is 2.88. The summed E-state index contributed by atoms with van der Waals surface area (Å²) in [6.45, 7) is 14.5. The number of carbonyl (C=O) groups excluding carboxylic acids is 1. The number of ether oxygens (including phenoxy) is 2. The molecule has 6 nitrogen and oxygen atoms in total. The van der Waals surface area contributed by atoms with Crippen molar-refractivity contribution >= 4 is 11.9 Å². The molecule has 2 aliphatic heterocycles. The number of carbonyl (C=O) groups is 1. The van der Waals surface area contributed by atoms with E-state index in [9.17, 15) is 4.79 Å². The van der Waals surface area contributed by atoms with Gasteiger partial charge in [-0.25, -0.2) is 9.78 Å². The first-order chi connectivity index (χ1) is 12.2. The lowest BCUT2D eigenvalue weighted by atomic mass is 10.1. The summed E-state index contributed by atoms with van der Waals surface area (Å²) in [7, 11) is 0. The highest BCUT2D eigenvalue weighted by atomic mass is 16.6. The van der Waals surface area contributed by atoms with E-state index in [0.29, 0.717) is 26.3 Å². The standard InChI is InChI=1S/C20H31N3O3/c1-7-25-12-17-13(2)8-15-9-16-11-22(19(24)26-20(4,5)6)10-14(3)23(16)18(15)21-17/h8,14,16H,7,9-12H2,1-6H3/t14-,16-/m1/s1. The lowest BCUT2D eigenvalue weighted by Crippen LogP contribution is -2.58. The molecule has 0 aliphatic carbocycles. The van der Waals surface area contributed by atoms with Crippen LogP contribution in [0, 0.1) is 6.92 Å². The largest absolute Gasteiger partial charge is 0.444 e. The molecule has 26 heavy (non-hydrogen) atoms. The molecule has 144 valence electrons. The van der Waals surface area contributed by atoms with Gasteiger partial charge in [-0.3, -0.25) is 0 Å². The molecule has 0 radical (unpaired) electrons. The summed E-state index contributed by atoms with van der Waals surface area (Å²) in [5.41, 5.74) is 2.98. The highest BCUT2D eigenvalue weighted by Gasteiger charge is 2.41. The number of pyridine rings is 1. The Morgan fingerprint density at radius 3 is 2.73 bits per heavy atom. The maximum Gasteiger partial charge on any atom is 0.410 e. The summed E-state index contributed by atoms with van der Waals surface area (Å²) in [6.07, 6.45) is 0.697. The summed E-state index contributed by atoms with van der Waals surface area (Å²) in [6, 6.07) is 2.70. The van der Waals surface area contributed by atoms with Gasteiger partial charge in [0, 0.05) is 25.7 Å². The SMILES string of the molecule is CCOCc1nc2c(cc1C)C[C@@H]1CN(C(=O)OC(C)(C)C)C[C@@H](C)N21.